The number of halogens is 2. The van der Waals surface area contributed by atoms with Crippen LogP contribution in [-0.4, -0.2) is 36.6 Å². The molecule has 5 nitrogen and oxygen atoms in total. The van der Waals surface area contributed by atoms with Gasteiger partial charge < -0.3 is 10.2 Å². The minimum atomic E-state index is -0.352. The first-order chi connectivity index (χ1) is 13.8. The molecule has 29 heavy (non-hydrogen) atoms. The van der Waals surface area contributed by atoms with Gasteiger partial charge in [-0.25, -0.2) is 0 Å². The number of rotatable bonds is 5. The van der Waals surface area contributed by atoms with Gasteiger partial charge in [0.05, 0.1) is 10.0 Å². The van der Waals surface area contributed by atoms with Gasteiger partial charge in [-0.1, -0.05) is 46.9 Å². The van der Waals surface area contributed by atoms with Gasteiger partial charge in [-0.05, 0) is 42.0 Å². The third-order valence-corrected chi connectivity index (χ3v) is 4.93. The topological polar surface area (TPSA) is 62.3 Å². The van der Waals surface area contributed by atoms with Crippen LogP contribution in [0.2, 0.25) is 10.0 Å². The highest BCUT2D eigenvalue weighted by atomic mass is 35.5. The predicted octanol–water partition coefficient (Wildman–Crippen LogP) is 3.71. The van der Waals surface area contributed by atoms with Crippen molar-refractivity contribution < 1.29 is 9.59 Å². The maximum absolute atomic E-state index is 12.7. The van der Waals surface area contributed by atoms with Crippen LogP contribution in [0.5, 0.6) is 0 Å². The molecule has 0 saturated carbocycles. The third kappa shape index (κ3) is 5.16. The van der Waals surface area contributed by atoms with Crippen molar-refractivity contribution in [3.8, 4) is 0 Å². The van der Waals surface area contributed by atoms with Crippen molar-refractivity contribution in [1.29, 1.82) is 0 Å². The predicted molar refractivity (Wildman–Crippen MR) is 116 cm³/mol. The van der Waals surface area contributed by atoms with E-state index in [1.165, 1.54) is 11.0 Å². The highest BCUT2D eigenvalue weighted by molar-refractivity contribution is 6.42. The van der Waals surface area contributed by atoms with Crippen molar-refractivity contribution in [2.45, 2.75) is 6.54 Å². The largest absolute Gasteiger partial charge is 0.337 e. The van der Waals surface area contributed by atoms with Gasteiger partial charge in [0.25, 0.3) is 11.8 Å². The molecule has 0 aliphatic carbocycles. The number of carbonyl (C=O) groups is 2. The quantitative estimate of drug-likeness (QED) is 0.636. The van der Waals surface area contributed by atoms with Crippen molar-refractivity contribution in [1.82, 2.24) is 9.88 Å². The summed E-state index contributed by atoms with van der Waals surface area (Å²) in [6, 6.07) is 14.9. The van der Waals surface area contributed by atoms with E-state index in [-0.39, 0.29) is 24.1 Å². The fourth-order valence-corrected chi connectivity index (χ4v) is 3.02. The molecule has 0 saturated heterocycles. The highest BCUT2D eigenvalue weighted by Gasteiger charge is 2.16. The summed E-state index contributed by atoms with van der Waals surface area (Å²) >= 11 is 11.9. The fraction of sp³-hybridized carbons (Fsp3) is 0.0952. The van der Waals surface area contributed by atoms with Gasteiger partial charge >= 0.3 is 0 Å². The van der Waals surface area contributed by atoms with E-state index in [1.54, 1.807) is 61.8 Å². The Balaban J connectivity index is 1.81. The lowest BCUT2D eigenvalue weighted by molar-refractivity contribution is 0.0785. The Morgan fingerprint density at radius 3 is 2.55 bits per heavy atom. The molecule has 8 heteroatoms. The zero-order chi connectivity index (χ0) is 21.0. The van der Waals surface area contributed by atoms with Crippen LogP contribution in [0, 0.1) is 0 Å². The number of benzene rings is 2. The summed E-state index contributed by atoms with van der Waals surface area (Å²) in [6.07, 6.45) is 1.54. The molecule has 0 aliphatic rings. The molecule has 2 amide bonds. The Hall–Kier alpha value is -2.83. The standard InChI is InChI=1S/C21H16BCl2N3O2/c1-27(21(29)13-5-7-16(23)17(24)11-13)12-14-10-15(22)6-8-18(14)26-20(28)19-4-2-3-9-25-19/h2-11H,12H2,1H3,(H,26,28). The Morgan fingerprint density at radius 2 is 1.86 bits per heavy atom. The molecule has 2 aromatic carbocycles. The van der Waals surface area contributed by atoms with E-state index in [0.717, 1.165) is 0 Å². The van der Waals surface area contributed by atoms with Crippen LogP contribution in [0.25, 0.3) is 0 Å². The molecule has 0 aliphatic heterocycles. The first-order valence-corrected chi connectivity index (χ1v) is 9.42. The zero-order valence-corrected chi connectivity index (χ0v) is 17.0. The molecule has 1 aromatic heterocycles. The smallest absolute Gasteiger partial charge is 0.274 e. The third-order valence-electron chi connectivity index (χ3n) is 4.20. The summed E-state index contributed by atoms with van der Waals surface area (Å²) in [6.45, 7) is 0.224. The van der Waals surface area contributed by atoms with E-state index in [4.69, 9.17) is 31.0 Å². The molecule has 0 fully saturated rings. The summed E-state index contributed by atoms with van der Waals surface area (Å²) in [4.78, 5) is 30.7. The second-order valence-corrected chi connectivity index (χ2v) is 7.19. The van der Waals surface area contributed by atoms with Crippen LogP contribution in [-0.2, 0) is 6.54 Å². The average molecular weight is 424 g/mol. The van der Waals surface area contributed by atoms with E-state index < -0.39 is 0 Å². The van der Waals surface area contributed by atoms with E-state index in [9.17, 15) is 9.59 Å². The number of pyridine rings is 1. The number of aromatic nitrogens is 1. The van der Waals surface area contributed by atoms with Gasteiger partial charge in [0, 0.05) is 31.0 Å². The van der Waals surface area contributed by atoms with E-state index in [0.29, 0.717) is 32.3 Å². The molecule has 1 N–H and O–H groups in total. The molecule has 0 spiro atoms. The van der Waals surface area contributed by atoms with Crippen LogP contribution in [0.15, 0.2) is 60.8 Å². The lowest BCUT2D eigenvalue weighted by Gasteiger charge is -2.20. The SMILES string of the molecule is [B]c1ccc(NC(=O)c2ccccn2)c(CN(C)C(=O)c2ccc(Cl)c(Cl)c2)c1. The Morgan fingerprint density at radius 1 is 1.07 bits per heavy atom. The normalized spacial score (nSPS) is 10.4. The summed E-state index contributed by atoms with van der Waals surface area (Å²) in [5.74, 6) is -0.594. The maximum atomic E-state index is 12.7. The molecule has 3 rings (SSSR count). The molecule has 0 atom stereocenters. The first kappa shape index (κ1) is 20.9. The van der Waals surface area contributed by atoms with Crippen LogP contribution in [0.4, 0.5) is 5.69 Å². The number of nitrogens with zero attached hydrogens (tertiary/aromatic N) is 2. The number of carbonyl (C=O) groups excluding carboxylic acids is 2. The zero-order valence-electron chi connectivity index (χ0n) is 15.5. The lowest BCUT2D eigenvalue weighted by Crippen LogP contribution is -2.27. The number of nitrogens with one attached hydrogen (secondary N) is 1. The van der Waals surface area contributed by atoms with Crippen molar-refractivity contribution in [2.24, 2.45) is 0 Å². The van der Waals surface area contributed by atoms with Crippen LogP contribution < -0.4 is 10.8 Å². The average Bonchev–Trinajstić information content (AvgIpc) is 2.72. The summed E-state index contributed by atoms with van der Waals surface area (Å²) < 4.78 is 0. The van der Waals surface area contributed by atoms with Crippen molar-refractivity contribution in [3.05, 3.63) is 87.7 Å². The van der Waals surface area contributed by atoms with Crippen molar-refractivity contribution >= 4 is 54.0 Å². The molecule has 3 aromatic rings. The van der Waals surface area contributed by atoms with Gasteiger partial charge in [0.15, 0.2) is 0 Å². The monoisotopic (exact) mass is 423 g/mol. The molecular formula is C21H16BCl2N3O2. The summed E-state index contributed by atoms with van der Waals surface area (Å²) in [7, 11) is 7.56. The summed E-state index contributed by atoms with van der Waals surface area (Å²) in [5.41, 5.74) is 2.44. The Kier molecular flexibility index (Phi) is 6.57. The van der Waals surface area contributed by atoms with Crippen LogP contribution in [0.1, 0.15) is 26.4 Å². The molecule has 1 heterocycles. The minimum Gasteiger partial charge on any atom is -0.337 e. The molecule has 0 unspecified atom stereocenters. The second-order valence-electron chi connectivity index (χ2n) is 6.38. The minimum absolute atomic E-state index is 0.224. The van der Waals surface area contributed by atoms with Crippen molar-refractivity contribution in [2.75, 3.05) is 12.4 Å². The van der Waals surface area contributed by atoms with Gasteiger partial charge in [-0.2, -0.15) is 0 Å². The lowest BCUT2D eigenvalue weighted by atomic mass is 9.93. The number of amides is 2. The molecule has 2 radical (unpaired) electrons. The Bertz CT molecular complexity index is 1060. The number of hydrogen-bond acceptors (Lipinski definition) is 3. The second kappa shape index (κ2) is 9.12. The Labute approximate surface area is 180 Å². The maximum Gasteiger partial charge on any atom is 0.274 e. The van der Waals surface area contributed by atoms with Gasteiger partial charge in [0.2, 0.25) is 0 Å². The van der Waals surface area contributed by atoms with Gasteiger partial charge in [-0.15, -0.1) is 0 Å². The van der Waals surface area contributed by atoms with Crippen LogP contribution in [0.3, 0.4) is 0 Å². The number of anilines is 1. The van der Waals surface area contributed by atoms with Crippen LogP contribution >= 0.6 is 23.2 Å². The highest BCUT2D eigenvalue weighted by Crippen LogP contribution is 2.24. The molecular weight excluding hydrogens is 408 g/mol. The number of hydrogen-bond donors (Lipinski definition) is 1. The van der Waals surface area contributed by atoms with Crippen molar-refractivity contribution in [3.63, 3.8) is 0 Å². The van der Waals surface area contributed by atoms with Gasteiger partial charge in [0.1, 0.15) is 13.5 Å². The summed E-state index contributed by atoms with van der Waals surface area (Å²) in [5, 5.41) is 3.50. The first-order valence-electron chi connectivity index (χ1n) is 8.66. The molecule has 144 valence electrons. The fourth-order valence-electron chi connectivity index (χ4n) is 2.73. The van der Waals surface area contributed by atoms with E-state index in [2.05, 4.69) is 10.3 Å². The van der Waals surface area contributed by atoms with Gasteiger partial charge in [-0.3, -0.25) is 14.6 Å². The van der Waals surface area contributed by atoms with E-state index in [1.807, 2.05) is 0 Å². The molecule has 0 bridgehead atoms. The van der Waals surface area contributed by atoms with E-state index >= 15 is 0 Å².